The first-order valence-corrected chi connectivity index (χ1v) is 17.4. The summed E-state index contributed by atoms with van der Waals surface area (Å²) in [5.41, 5.74) is 18.1. The van der Waals surface area contributed by atoms with Crippen LogP contribution in [0.3, 0.4) is 0 Å². The predicted octanol–water partition coefficient (Wildman–Crippen LogP) is 4.32. The number of fused-ring (bicyclic) bond motifs is 3. The van der Waals surface area contributed by atoms with Gasteiger partial charge < -0.3 is 24.8 Å². The van der Waals surface area contributed by atoms with Crippen LogP contribution in [0.15, 0.2) is 97.1 Å². The average Bonchev–Trinajstić information content (AvgIpc) is 3.58. The Balaban J connectivity index is 0.00000202. The van der Waals surface area contributed by atoms with Crippen molar-refractivity contribution in [1.82, 2.24) is 0 Å². The van der Waals surface area contributed by atoms with E-state index in [1.165, 1.54) is 33.4 Å². The maximum absolute atomic E-state index is 2.52. The standard InChI is InChI=1S/C26H29.C13H10.2ClH.Zr/c1-15(2)23-18(6)25(19-9-7-8-10-19)22-14-20-13-17(5)11-12-21(20)26(22)24(23)16(3)4;1-3-7-12(8-4-1)11-13-9-5-2-6-10-13;;;/h7-9,11-16H,10H2,1-6H3;1-10H;2*1H;/q;;;;+2/p-2. The summed E-state index contributed by atoms with van der Waals surface area (Å²) in [6.45, 7) is 14.3. The fourth-order valence-electron chi connectivity index (χ4n) is 7.05. The van der Waals surface area contributed by atoms with Crippen molar-refractivity contribution in [2.75, 3.05) is 0 Å². The van der Waals surface area contributed by atoms with Gasteiger partial charge in [-0.2, -0.15) is 0 Å². The summed E-state index contributed by atoms with van der Waals surface area (Å²) in [5, 5.41) is 0. The van der Waals surface area contributed by atoms with Crippen LogP contribution in [-0.2, 0) is 22.8 Å². The third-order valence-corrected chi connectivity index (χ3v) is 12.9. The van der Waals surface area contributed by atoms with Crippen LogP contribution in [0.1, 0.15) is 99.6 Å². The van der Waals surface area contributed by atoms with Crippen LogP contribution in [-0.4, -0.2) is 3.21 Å². The van der Waals surface area contributed by atoms with Crippen molar-refractivity contribution in [3.05, 3.63) is 147 Å². The monoisotopic (exact) mass is 667 g/mol. The van der Waals surface area contributed by atoms with E-state index in [0.717, 1.165) is 6.42 Å². The van der Waals surface area contributed by atoms with Crippen LogP contribution in [0.2, 0.25) is 0 Å². The Bertz CT molecular complexity index is 1630. The molecule has 0 saturated heterocycles. The van der Waals surface area contributed by atoms with Gasteiger partial charge in [-0.3, -0.25) is 0 Å². The Hall–Kier alpha value is -2.31. The number of halogens is 2. The van der Waals surface area contributed by atoms with Gasteiger partial charge in [0.1, 0.15) is 0 Å². The minimum absolute atomic E-state index is 0. The topological polar surface area (TPSA) is 0 Å². The summed E-state index contributed by atoms with van der Waals surface area (Å²) in [6.07, 6.45) is 8.02. The Labute approximate surface area is 276 Å². The third-order valence-electron chi connectivity index (χ3n) is 8.61. The van der Waals surface area contributed by atoms with E-state index in [1.54, 1.807) is 36.6 Å². The molecule has 0 aliphatic heterocycles. The molecule has 1 atom stereocenters. The van der Waals surface area contributed by atoms with Crippen molar-refractivity contribution in [3.8, 4) is 11.1 Å². The summed E-state index contributed by atoms with van der Waals surface area (Å²) in [4.78, 5) is 0. The summed E-state index contributed by atoms with van der Waals surface area (Å²) >= 11 is -1.19. The molecular weight excluding hydrogens is 631 g/mol. The van der Waals surface area contributed by atoms with Crippen LogP contribution in [0, 0.1) is 13.8 Å². The maximum atomic E-state index is 2.52. The molecule has 3 heteroatoms. The van der Waals surface area contributed by atoms with Gasteiger partial charge in [-0.1, -0.05) is 0 Å². The molecule has 2 aliphatic rings. The van der Waals surface area contributed by atoms with E-state index in [1.807, 2.05) is 0 Å². The molecule has 4 aromatic rings. The zero-order chi connectivity index (χ0) is 28.0. The second-order valence-corrected chi connectivity index (χ2v) is 15.4. The minimum atomic E-state index is -1.19. The Morgan fingerprint density at radius 1 is 0.738 bits per heavy atom. The third kappa shape index (κ3) is 5.78. The van der Waals surface area contributed by atoms with E-state index in [0.29, 0.717) is 15.5 Å². The number of allylic oxidation sites excluding steroid dienone is 4. The van der Waals surface area contributed by atoms with Crippen molar-refractivity contribution in [2.45, 2.75) is 63.4 Å². The molecule has 6 rings (SSSR count). The molecule has 1 unspecified atom stereocenters. The van der Waals surface area contributed by atoms with E-state index in [4.69, 9.17) is 0 Å². The smallest absolute Gasteiger partial charge is 1.00 e. The van der Waals surface area contributed by atoms with Gasteiger partial charge in [-0.15, -0.1) is 0 Å². The Morgan fingerprint density at radius 3 is 1.86 bits per heavy atom. The number of hydrogen-bond donors (Lipinski definition) is 0. The van der Waals surface area contributed by atoms with Gasteiger partial charge in [0.2, 0.25) is 0 Å². The zero-order valence-corrected chi connectivity index (χ0v) is 29.4. The van der Waals surface area contributed by atoms with Crippen LogP contribution in [0.4, 0.5) is 0 Å². The second-order valence-electron chi connectivity index (χ2n) is 12.0. The molecule has 0 saturated carbocycles. The van der Waals surface area contributed by atoms with Crippen molar-refractivity contribution in [2.24, 2.45) is 0 Å². The molecule has 0 fully saturated rings. The van der Waals surface area contributed by atoms with Crippen molar-refractivity contribution < 1.29 is 47.6 Å². The molecule has 42 heavy (non-hydrogen) atoms. The van der Waals surface area contributed by atoms with E-state index < -0.39 is 22.8 Å². The van der Waals surface area contributed by atoms with Crippen LogP contribution < -0.4 is 24.8 Å². The van der Waals surface area contributed by atoms with Gasteiger partial charge in [0.25, 0.3) is 0 Å². The van der Waals surface area contributed by atoms with Crippen LogP contribution >= 0.6 is 0 Å². The van der Waals surface area contributed by atoms with Gasteiger partial charge >= 0.3 is 253 Å². The molecule has 0 aromatic heterocycles. The molecule has 0 radical (unpaired) electrons. The molecule has 4 aromatic carbocycles. The molecule has 213 valence electrons. The molecule has 2 aliphatic carbocycles. The quantitative estimate of drug-likeness (QED) is 0.287. The first kappa shape index (κ1) is 32.6. The predicted molar refractivity (Wildman–Crippen MR) is 169 cm³/mol. The zero-order valence-electron chi connectivity index (χ0n) is 25.4. The summed E-state index contributed by atoms with van der Waals surface area (Å²) in [5.74, 6) is 0.958. The first-order chi connectivity index (χ1) is 19.4. The Morgan fingerprint density at radius 2 is 1.33 bits per heavy atom. The summed E-state index contributed by atoms with van der Waals surface area (Å²) < 4.78 is 2.06. The minimum Gasteiger partial charge on any atom is -1.00 e. The molecule has 0 N–H and O–H groups in total. The molecular formula is C39H39Cl2Zr. The Kier molecular flexibility index (Phi) is 10.5. The normalized spacial score (nSPS) is 14.6. The first-order valence-electron chi connectivity index (χ1n) is 14.8. The summed E-state index contributed by atoms with van der Waals surface area (Å²) in [6, 6.07) is 29.7. The fourth-order valence-corrected chi connectivity index (χ4v) is 11.4. The van der Waals surface area contributed by atoms with Crippen LogP contribution in [0.5, 0.6) is 0 Å². The number of hydrogen-bond acceptors (Lipinski definition) is 0. The fraction of sp³-hybridized carbons (Fsp3) is 0.256. The molecule has 0 heterocycles. The van der Waals surface area contributed by atoms with Gasteiger partial charge in [0.05, 0.1) is 0 Å². The van der Waals surface area contributed by atoms with Gasteiger partial charge in [-0.05, 0) is 0 Å². The average molecular weight is 670 g/mol. The second kappa shape index (κ2) is 13.6. The molecule has 0 amide bonds. The number of rotatable bonds is 6. The van der Waals surface area contributed by atoms with E-state index in [-0.39, 0.29) is 24.8 Å². The van der Waals surface area contributed by atoms with Gasteiger partial charge in [0, 0.05) is 0 Å². The van der Waals surface area contributed by atoms with Crippen LogP contribution in [0.25, 0.3) is 16.7 Å². The molecule has 0 spiro atoms. The van der Waals surface area contributed by atoms with Crippen molar-refractivity contribution in [1.29, 1.82) is 0 Å². The largest absolute Gasteiger partial charge is 1.00 e. The van der Waals surface area contributed by atoms with E-state index in [2.05, 4.69) is 139 Å². The number of benzene rings is 4. The van der Waals surface area contributed by atoms with E-state index >= 15 is 0 Å². The summed E-state index contributed by atoms with van der Waals surface area (Å²) in [7, 11) is 0. The molecule has 0 nitrogen and oxygen atoms in total. The molecule has 0 bridgehead atoms. The van der Waals surface area contributed by atoms with Gasteiger partial charge in [0.15, 0.2) is 0 Å². The maximum Gasteiger partial charge on any atom is -1.00 e. The van der Waals surface area contributed by atoms with Crippen molar-refractivity contribution >= 4 is 8.78 Å². The van der Waals surface area contributed by atoms with E-state index in [9.17, 15) is 0 Å². The van der Waals surface area contributed by atoms with Gasteiger partial charge in [-0.25, -0.2) is 0 Å². The number of aryl methyl sites for hydroxylation is 1. The van der Waals surface area contributed by atoms with Crippen molar-refractivity contribution in [3.63, 3.8) is 0 Å². The SMILES string of the molecule is Cc1ccc2c(c1)[CH]([Zr+2]=[C](c1ccccc1)c1ccccc1)c1c(C3=CC=CC3)c(C)c(C(C)C)c(C(C)C)c1-2.[Cl-].[Cl-].